The lowest BCUT2D eigenvalue weighted by molar-refractivity contribution is 0.0696. The van der Waals surface area contributed by atoms with Gasteiger partial charge in [-0.15, -0.1) is 0 Å². The first-order valence-corrected chi connectivity index (χ1v) is 7.65. The van der Waals surface area contributed by atoms with Crippen molar-refractivity contribution in [1.29, 1.82) is 0 Å². The third kappa shape index (κ3) is 3.69. The van der Waals surface area contributed by atoms with Gasteiger partial charge in [-0.1, -0.05) is 36.4 Å². The zero-order chi connectivity index (χ0) is 16.1. The fourth-order valence-corrected chi connectivity index (χ4v) is 2.66. The molecule has 0 amide bonds. The SMILES string of the molecule is O=C(O)c1ccccc1C=NN1CCN(c2ccccc2)CC1. The summed E-state index contributed by atoms with van der Waals surface area (Å²) in [5, 5.41) is 15.6. The topological polar surface area (TPSA) is 56.1 Å². The number of rotatable bonds is 4. The van der Waals surface area contributed by atoms with Crippen LogP contribution in [0.3, 0.4) is 0 Å². The van der Waals surface area contributed by atoms with E-state index in [0.717, 1.165) is 26.2 Å². The predicted molar refractivity (Wildman–Crippen MR) is 91.2 cm³/mol. The lowest BCUT2D eigenvalue weighted by Gasteiger charge is -2.34. The Bertz CT molecular complexity index is 692. The van der Waals surface area contributed by atoms with Crippen molar-refractivity contribution < 1.29 is 9.90 Å². The number of carboxylic acids is 1. The highest BCUT2D eigenvalue weighted by Gasteiger charge is 2.15. The third-order valence-electron chi connectivity index (χ3n) is 3.93. The van der Waals surface area contributed by atoms with E-state index in [-0.39, 0.29) is 5.56 Å². The highest BCUT2D eigenvalue weighted by atomic mass is 16.4. The van der Waals surface area contributed by atoms with Crippen molar-refractivity contribution in [2.75, 3.05) is 31.1 Å². The Morgan fingerprint density at radius 2 is 1.61 bits per heavy atom. The van der Waals surface area contributed by atoms with E-state index in [0.29, 0.717) is 5.56 Å². The number of para-hydroxylation sites is 1. The van der Waals surface area contributed by atoms with Crippen molar-refractivity contribution in [3.05, 3.63) is 65.7 Å². The largest absolute Gasteiger partial charge is 0.478 e. The van der Waals surface area contributed by atoms with Crippen LogP contribution in [0.4, 0.5) is 5.69 Å². The average Bonchev–Trinajstić information content (AvgIpc) is 2.61. The summed E-state index contributed by atoms with van der Waals surface area (Å²) in [6.07, 6.45) is 1.64. The molecule has 118 valence electrons. The molecule has 1 saturated heterocycles. The molecular weight excluding hydrogens is 290 g/mol. The van der Waals surface area contributed by atoms with Crippen LogP contribution in [0, 0.1) is 0 Å². The number of hydrogen-bond donors (Lipinski definition) is 1. The van der Waals surface area contributed by atoms with Gasteiger partial charge >= 0.3 is 5.97 Å². The van der Waals surface area contributed by atoms with E-state index in [1.807, 2.05) is 29.3 Å². The Kier molecular flexibility index (Phi) is 4.57. The van der Waals surface area contributed by atoms with Gasteiger partial charge in [-0.25, -0.2) is 4.79 Å². The fraction of sp³-hybridized carbons (Fsp3) is 0.222. The Balaban J connectivity index is 1.62. The molecule has 5 heteroatoms. The maximum Gasteiger partial charge on any atom is 0.336 e. The molecule has 1 heterocycles. The molecule has 0 radical (unpaired) electrons. The molecule has 1 N–H and O–H groups in total. The number of hydrazone groups is 1. The fourth-order valence-electron chi connectivity index (χ4n) is 2.66. The van der Waals surface area contributed by atoms with Gasteiger partial charge in [0.1, 0.15) is 0 Å². The van der Waals surface area contributed by atoms with Crippen LogP contribution in [0.5, 0.6) is 0 Å². The van der Waals surface area contributed by atoms with Gasteiger partial charge in [0, 0.05) is 24.3 Å². The molecule has 0 aliphatic carbocycles. The number of nitrogens with zero attached hydrogens (tertiary/aromatic N) is 3. The first kappa shape index (κ1) is 15.1. The monoisotopic (exact) mass is 309 g/mol. The average molecular weight is 309 g/mol. The van der Waals surface area contributed by atoms with Crippen molar-refractivity contribution in [2.45, 2.75) is 0 Å². The van der Waals surface area contributed by atoms with E-state index >= 15 is 0 Å². The van der Waals surface area contributed by atoms with E-state index in [1.165, 1.54) is 5.69 Å². The number of carbonyl (C=O) groups is 1. The summed E-state index contributed by atoms with van der Waals surface area (Å²) in [6, 6.07) is 17.2. The van der Waals surface area contributed by atoms with E-state index in [1.54, 1.807) is 24.4 Å². The van der Waals surface area contributed by atoms with Crippen molar-refractivity contribution in [3.63, 3.8) is 0 Å². The van der Waals surface area contributed by atoms with E-state index in [9.17, 15) is 9.90 Å². The summed E-state index contributed by atoms with van der Waals surface area (Å²) in [5.41, 5.74) is 2.14. The Morgan fingerprint density at radius 3 is 2.30 bits per heavy atom. The standard InChI is InChI=1S/C18H19N3O2/c22-18(23)17-9-5-4-6-15(17)14-19-21-12-10-20(11-13-21)16-7-2-1-3-8-16/h1-9,14H,10-13H2,(H,22,23). The highest BCUT2D eigenvalue weighted by Crippen LogP contribution is 2.15. The van der Waals surface area contributed by atoms with Crippen LogP contribution in [0.2, 0.25) is 0 Å². The van der Waals surface area contributed by atoms with Gasteiger partial charge in [0.05, 0.1) is 24.9 Å². The van der Waals surface area contributed by atoms with E-state index < -0.39 is 5.97 Å². The van der Waals surface area contributed by atoms with Gasteiger partial charge in [0.2, 0.25) is 0 Å². The zero-order valence-electron chi connectivity index (χ0n) is 12.8. The van der Waals surface area contributed by atoms with Gasteiger partial charge in [-0.05, 0) is 18.2 Å². The minimum Gasteiger partial charge on any atom is -0.478 e. The molecule has 0 atom stereocenters. The summed E-state index contributed by atoms with van der Waals surface area (Å²) in [4.78, 5) is 13.5. The number of aromatic carboxylic acids is 1. The lowest BCUT2D eigenvalue weighted by Crippen LogP contribution is -2.44. The van der Waals surface area contributed by atoms with Gasteiger partial charge in [0.25, 0.3) is 0 Å². The van der Waals surface area contributed by atoms with Crippen molar-refractivity contribution in [2.24, 2.45) is 5.10 Å². The number of anilines is 1. The molecule has 0 bridgehead atoms. The minimum absolute atomic E-state index is 0.277. The molecular formula is C18H19N3O2. The zero-order valence-corrected chi connectivity index (χ0v) is 12.8. The summed E-state index contributed by atoms with van der Waals surface area (Å²) in [5.74, 6) is -0.930. The second kappa shape index (κ2) is 6.96. The smallest absolute Gasteiger partial charge is 0.336 e. The van der Waals surface area contributed by atoms with Crippen LogP contribution in [-0.4, -0.2) is 48.5 Å². The maximum absolute atomic E-state index is 11.2. The molecule has 0 unspecified atom stereocenters. The molecule has 3 rings (SSSR count). The second-order valence-electron chi connectivity index (χ2n) is 5.41. The summed E-state index contributed by atoms with van der Waals surface area (Å²) in [7, 11) is 0. The first-order chi connectivity index (χ1) is 11.2. The molecule has 0 saturated carbocycles. The Labute approximate surface area is 135 Å². The Morgan fingerprint density at radius 1 is 0.957 bits per heavy atom. The van der Waals surface area contributed by atoms with Gasteiger partial charge in [-0.3, -0.25) is 5.01 Å². The van der Waals surface area contributed by atoms with Crippen molar-refractivity contribution in [1.82, 2.24) is 5.01 Å². The lowest BCUT2D eigenvalue weighted by atomic mass is 10.1. The molecule has 2 aromatic rings. The van der Waals surface area contributed by atoms with Crippen molar-refractivity contribution in [3.8, 4) is 0 Å². The first-order valence-electron chi connectivity index (χ1n) is 7.65. The summed E-state index contributed by atoms with van der Waals surface area (Å²) in [6.45, 7) is 3.45. The van der Waals surface area contributed by atoms with E-state index in [2.05, 4.69) is 22.1 Å². The highest BCUT2D eigenvalue weighted by molar-refractivity contribution is 5.98. The van der Waals surface area contributed by atoms with Crippen LogP contribution < -0.4 is 4.90 Å². The van der Waals surface area contributed by atoms with Crippen LogP contribution in [0.15, 0.2) is 59.7 Å². The molecule has 5 nitrogen and oxygen atoms in total. The molecule has 1 fully saturated rings. The quantitative estimate of drug-likeness (QED) is 0.882. The second-order valence-corrected chi connectivity index (χ2v) is 5.41. The van der Waals surface area contributed by atoms with E-state index in [4.69, 9.17) is 0 Å². The number of piperazine rings is 1. The number of hydrogen-bond acceptors (Lipinski definition) is 4. The number of carboxylic acid groups (broad SMARTS) is 1. The molecule has 0 spiro atoms. The third-order valence-corrected chi connectivity index (χ3v) is 3.93. The van der Waals surface area contributed by atoms with Gasteiger partial charge in [0.15, 0.2) is 0 Å². The van der Waals surface area contributed by atoms with Crippen LogP contribution in [-0.2, 0) is 0 Å². The molecule has 23 heavy (non-hydrogen) atoms. The summed E-state index contributed by atoms with van der Waals surface area (Å²) >= 11 is 0. The maximum atomic E-state index is 11.2. The summed E-state index contributed by atoms with van der Waals surface area (Å²) < 4.78 is 0. The molecule has 1 aliphatic rings. The predicted octanol–water partition coefficient (Wildman–Crippen LogP) is 2.54. The molecule has 2 aromatic carbocycles. The van der Waals surface area contributed by atoms with Gasteiger partial charge < -0.3 is 10.0 Å². The normalized spacial score (nSPS) is 15.1. The minimum atomic E-state index is -0.930. The van der Waals surface area contributed by atoms with Crippen molar-refractivity contribution >= 4 is 17.9 Å². The van der Waals surface area contributed by atoms with Crippen LogP contribution in [0.25, 0.3) is 0 Å². The number of benzene rings is 2. The molecule has 0 aromatic heterocycles. The molecule has 1 aliphatic heterocycles. The van der Waals surface area contributed by atoms with Crippen LogP contribution >= 0.6 is 0 Å². The van der Waals surface area contributed by atoms with Crippen LogP contribution in [0.1, 0.15) is 15.9 Å². The van der Waals surface area contributed by atoms with Gasteiger partial charge in [-0.2, -0.15) is 5.10 Å². The Hall–Kier alpha value is -2.82.